The SMILES string of the molecule is Cc1c(C(=O)[O-])sc2nc(Cc3ccc(Cl)c(Cl)c3)[nH]c(=O)c12.[K+]. The molecule has 24 heavy (non-hydrogen) atoms. The first kappa shape index (κ1) is 20.1. The number of halogens is 2. The maximum Gasteiger partial charge on any atom is 1.00 e. The molecule has 118 valence electrons. The van der Waals surface area contributed by atoms with Gasteiger partial charge in [-0.3, -0.25) is 4.79 Å². The predicted molar refractivity (Wildman–Crippen MR) is 88.6 cm³/mol. The van der Waals surface area contributed by atoms with E-state index in [1.54, 1.807) is 25.1 Å². The van der Waals surface area contributed by atoms with Crippen molar-refractivity contribution in [2.24, 2.45) is 0 Å². The third-order valence-electron chi connectivity index (χ3n) is 3.39. The molecule has 0 aliphatic heterocycles. The van der Waals surface area contributed by atoms with Crippen LogP contribution < -0.4 is 62.1 Å². The Balaban J connectivity index is 0.00000208. The van der Waals surface area contributed by atoms with Gasteiger partial charge in [0.1, 0.15) is 10.7 Å². The van der Waals surface area contributed by atoms with Gasteiger partial charge in [0, 0.05) is 6.42 Å². The van der Waals surface area contributed by atoms with Crippen LogP contribution in [0.3, 0.4) is 0 Å². The third kappa shape index (κ3) is 3.94. The molecule has 2 aromatic heterocycles. The van der Waals surface area contributed by atoms with Gasteiger partial charge in [-0.15, -0.1) is 11.3 Å². The van der Waals surface area contributed by atoms with Crippen LogP contribution in [-0.2, 0) is 6.42 Å². The monoisotopic (exact) mass is 406 g/mol. The summed E-state index contributed by atoms with van der Waals surface area (Å²) < 4.78 is 0. The second kappa shape index (κ2) is 7.97. The Hall–Kier alpha value is -0.254. The summed E-state index contributed by atoms with van der Waals surface area (Å²) in [6, 6.07) is 5.14. The van der Waals surface area contributed by atoms with Crippen LogP contribution in [0.5, 0.6) is 0 Å². The van der Waals surface area contributed by atoms with Crippen LogP contribution in [0.2, 0.25) is 10.0 Å². The Bertz CT molecular complexity index is 1000. The number of benzene rings is 1. The Morgan fingerprint density at radius 3 is 2.67 bits per heavy atom. The molecule has 0 saturated carbocycles. The second-order valence-corrected chi connectivity index (χ2v) is 6.78. The van der Waals surface area contributed by atoms with Crippen molar-refractivity contribution in [3.05, 3.63) is 60.4 Å². The summed E-state index contributed by atoms with van der Waals surface area (Å²) in [4.78, 5) is 30.7. The summed E-state index contributed by atoms with van der Waals surface area (Å²) in [5, 5.41) is 12.2. The first-order valence-electron chi connectivity index (χ1n) is 6.54. The molecule has 0 bridgehead atoms. The van der Waals surface area contributed by atoms with E-state index in [1.165, 1.54) is 0 Å². The molecule has 0 spiro atoms. The number of aromatic amines is 1. The maximum absolute atomic E-state index is 12.2. The largest absolute Gasteiger partial charge is 1.00 e. The Labute approximate surface area is 193 Å². The van der Waals surface area contributed by atoms with E-state index in [2.05, 4.69) is 9.97 Å². The van der Waals surface area contributed by atoms with Crippen molar-refractivity contribution in [3.8, 4) is 0 Å². The topological polar surface area (TPSA) is 85.9 Å². The van der Waals surface area contributed by atoms with E-state index < -0.39 is 5.97 Å². The third-order valence-corrected chi connectivity index (χ3v) is 5.30. The van der Waals surface area contributed by atoms with Gasteiger partial charge in [0.15, 0.2) is 0 Å². The van der Waals surface area contributed by atoms with E-state index in [0.29, 0.717) is 32.7 Å². The summed E-state index contributed by atoms with van der Waals surface area (Å²) in [7, 11) is 0. The number of carbonyl (C=O) groups is 1. The zero-order valence-electron chi connectivity index (χ0n) is 12.8. The number of aromatic carboxylic acids is 1. The molecule has 1 N–H and O–H groups in total. The fourth-order valence-electron chi connectivity index (χ4n) is 2.31. The van der Waals surface area contributed by atoms with Crippen molar-refractivity contribution in [2.75, 3.05) is 0 Å². The fraction of sp³-hybridized carbons (Fsp3) is 0.133. The molecule has 0 unspecified atom stereocenters. The van der Waals surface area contributed by atoms with Crippen molar-refractivity contribution in [1.82, 2.24) is 9.97 Å². The van der Waals surface area contributed by atoms with E-state index in [-0.39, 0.29) is 67.2 Å². The van der Waals surface area contributed by atoms with Gasteiger partial charge >= 0.3 is 51.4 Å². The van der Waals surface area contributed by atoms with E-state index in [0.717, 1.165) is 16.9 Å². The van der Waals surface area contributed by atoms with Gasteiger partial charge in [-0.05, 0) is 30.2 Å². The summed E-state index contributed by atoms with van der Waals surface area (Å²) in [5.74, 6) is -0.886. The number of aromatic nitrogens is 2. The normalized spacial score (nSPS) is 10.6. The number of nitrogens with one attached hydrogen (secondary N) is 1. The average molecular weight is 407 g/mol. The van der Waals surface area contributed by atoms with Crippen LogP contribution in [0.1, 0.15) is 26.6 Å². The quantitative estimate of drug-likeness (QED) is 0.597. The number of carbonyl (C=O) groups excluding carboxylic acids is 1. The second-order valence-electron chi connectivity index (χ2n) is 4.96. The maximum atomic E-state index is 12.2. The van der Waals surface area contributed by atoms with E-state index in [9.17, 15) is 14.7 Å². The summed E-state index contributed by atoms with van der Waals surface area (Å²) in [6.45, 7) is 1.57. The number of aryl methyl sites for hydroxylation is 1. The molecule has 5 nitrogen and oxygen atoms in total. The van der Waals surface area contributed by atoms with Gasteiger partial charge in [-0.2, -0.15) is 0 Å². The molecule has 9 heteroatoms. The summed E-state index contributed by atoms with van der Waals surface area (Å²) in [6.07, 6.45) is 0.347. The molecular weight excluding hydrogens is 398 g/mol. The van der Waals surface area contributed by atoms with Crippen LogP contribution in [0.15, 0.2) is 23.0 Å². The molecule has 0 aliphatic rings. The minimum Gasteiger partial charge on any atom is -0.544 e. The Kier molecular flexibility index (Phi) is 6.66. The van der Waals surface area contributed by atoms with Crippen LogP contribution in [0.4, 0.5) is 0 Å². The molecule has 3 aromatic rings. The molecule has 0 radical (unpaired) electrons. The van der Waals surface area contributed by atoms with Crippen molar-refractivity contribution in [3.63, 3.8) is 0 Å². The van der Waals surface area contributed by atoms with Gasteiger partial charge in [-0.25, -0.2) is 4.98 Å². The summed E-state index contributed by atoms with van der Waals surface area (Å²) in [5.41, 5.74) is 0.835. The fourth-order valence-corrected chi connectivity index (χ4v) is 3.67. The molecule has 1 aromatic carbocycles. The number of H-pyrrole nitrogens is 1. The minimum absolute atomic E-state index is 0. The molecular formula is C15H9Cl2KN2O3S. The first-order chi connectivity index (χ1) is 10.9. The smallest absolute Gasteiger partial charge is 0.544 e. The van der Waals surface area contributed by atoms with Crippen LogP contribution in [-0.4, -0.2) is 15.9 Å². The van der Waals surface area contributed by atoms with Crippen molar-refractivity contribution in [2.45, 2.75) is 13.3 Å². The van der Waals surface area contributed by atoms with E-state index in [1.807, 2.05) is 0 Å². The molecule has 0 aliphatic carbocycles. The van der Waals surface area contributed by atoms with Gasteiger partial charge in [0.2, 0.25) is 0 Å². The number of hydrogen-bond acceptors (Lipinski definition) is 5. The number of carboxylic acid groups (broad SMARTS) is 1. The molecule has 0 amide bonds. The number of rotatable bonds is 3. The van der Waals surface area contributed by atoms with Gasteiger partial charge in [0.25, 0.3) is 5.56 Å². The summed E-state index contributed by atoms with van der Waals surface area (Å²) >= 11 is 12.8. The van der Waals surface area contributed by atoms with Gasteiger partial charge in [0.05, 0.1) is 26.3 Å². The van der Waals surface area contributed by atoms with E-state index in [4.69, 9.17) is 23.2 Å². The van der Waals surface area contributed by atoms with Crippen LogP contribution in [0, 0.1) is 6.92 Å². The van der Waals surface area contributed by atoms with E-state index >= 15 is 0 Å². The van der Waals surface area contributed by atoms with Gasteiger partial charge < -0.3 is 14.9 Å². The Morgan fingerprint density at radius 1 is 1.33 bits per heavy atom. The molecule has 0 saturated heterocycles. The van der Waals surface area contributed by atoms with Crippen molar-refractivity contribution >= 4 is 50.7 Å². The number of nitrogens with zero attached hydrogens (tertiary/aromatic N) is 1. The zero-order chi connectivity index (χ0) is 16.7. The first-order valence-corrected chi connectivity index (χ1v) is 8.11. The molecule has 3 rings (SSSR count). The standard InChI is InChI=1S/C15H10Cl2N2O3S.K/c1-6-11-13(20)18-10(19-14(11)23-12(6)15(21)22)5-7-2-3-8(16)9(17)4-7;/h2-4H,5H2,1H3,(H,21,22)(H,18,19,20);/q;+1/p-1. The van der Waals surface area contributed by atoms with Crippen molar-refractivity contribution in [1.29, 1.82) is 0 Å². The number of hydrogen-bond donors (Lipinski definition) is 1. The van der Waals surface area contributed by atoms with Crippen LogP contribution >= 0.6 is 34.5 Å². The van der Waals surface area contributed by atoms with Crippen LogP contribution in [0.25, 0.3) is 10.2 Å². The minimum atomic E-state index is -1.31. The number of thiophene rings is 1. The average Bonchev–Trinajstić information content (AvgIpc) is 2.80. The van der Waals surface area contributed by atoms with Gasteiger partial charge in [-0.1, -0.05) is 29.3 Å². The molecule has 2 heterocycles. The predicted octanol–water partition coefficient (Wildman–Crippen LogP) is -0.442. The molecule has 0 fully saturated rings. The van der Waals surface area contributed by atoms with Crippen molar-refractivity contribution < 1.29 is 61.3 Å². The number of fused-ring (bicyclic) bond motifs is 1. The Morgan fingerprint density at radius 2 is 2.04 bits per heavy atom. The zero-order valence-corrected chi connectivity index (χ0v) is 18.2. The number of carboxylic acids is 1. The molecule has 0 atom stereocenters.